The Hall–Kier alpha value is -3.54. The number of para-hydroxylation sites is 2. The van der Waals surface area contributed by atoms with Crippen molar-refractivity contribution in [3.05, 3.63) is 95.6 Å². The van der Waals surface area contributed by atoms with E-state index in [2.05, 4.69) is 10.5 Å². The molecular weight excluding hydrogens is 338 g/mol. The van der Waals surface area contributed by atoms with Crippen molar-refractivity contribution in [1.29, 1.82) is 0 Å². The molecule has 1 N–H and O–H groups in total. The second-order valence-corrected chi connectivity index (χ2v) is 5.25. The van der Waals surface area contributed by atoms with Crippen LogP contribution in [0.2, 0.25) is 0 Å². The van der Waals surface area contributed by atoms with Gasteiger partial charge < -0.3 is 4.74 Å². The van der Waals surface area contributed by atoms with Gasteiger partial charge in [-0.1, -0.05) is 36.4 Å². The van der Waals surface area contributed by atoms with Gasteiger partial charge in [0.2, 0.25) is 0 Å². The topological polar surface area (TPSA) is 50.7 Å². The van der Waals surface area contributed by atoms with Gasteiger partial charge in [-0.05, 0) is 36.4 Å². The predicted molar refractivity (Wildman–Crippen MR) is 94.4 cm³/mol. The van der Waals surface area contributed by atoms with Crippen LogP contribution in [0.1, 0.15) is 15.9 Å². The number of carbonyl (C=O) groups excluding carboxylic acids is 1. The maximum absolute atomic E-state index is 13.5. The third kappa shape index (κ3) is 4.10. The average molecular weight is 352 g/mol. The van der Waals surface area contributed by atoms with Crippen molar-refractivity contribution in [2.45, 2.75) is 0 Å². The number of ether oxygens (including phenoxy) is 1. The number of nitrogens with one attached hydrogen (secondary N) is 1. The number of nitrogens with zero attached hydrogens (tertiary/aromatic N) is 1. The molecule has 26 heavy (non-hydrogen) atoms. The van der Waals surface area contributed by atoms with Crippen LogP contribution in [0.25, 0.3) is 0 Å². The summed E-state index contributed by atoms with van der Waals surface area (Å²) in [7, 11) is 0. The Bertz CT molecular complexity index is 923. The lowest BCUT2D eigenvalue weighted by Crippen LogP contribution is -2.18. The number of hydrazone groups is 1. The Balaban J connectivity index is 1.75. The fraction of sp³-hybridized carbons (Fsp3) is 0. The van der Waals surface area contributed by atoms with E-state index in [1.165, 1.54) is 6.07 Å². The molecule has 3 rings (SSSR count). The largest absolute Gasteiger partial charge is 0.457 e. The molecule has 0 saturated carbocycles. The number of hydrogen-bond donors (Lipinski definition) is 1. The molecule has 6 heteroatoms. The molecule has 0 fully saturated rings. The normalized spacial score (nSPS) is 10.7. The number of benzene rings is 3. The molecule has 3 aromatic rings. The highest BCUT2D eigenvalue weighted by molar-refractivity contribution is 5.97. The van der Waals surface area contributed by atoms with E-state index in [0.29, 0.717) is 11.5 Å². The van der Waals surface area contributed by atoms with Crippen LogP contribution in [0.5, 0.6) is 11.5 Å². The first kappa shape index (κ1) is 17.3. The fourth-order valence-electron chi connectivity index (χ4n) is 2.21. The number of hydrogen-bond acceptors (Lipinski definition) is 3. The molecule has 0 saturated heterocycles. The predicted octanol–water partition coefficient (Wildman–Crippen LogP) is 4.52. The van der Waals surface area contributed by atoms with Crippen molar-refractivity contribution >= 4 is 12.1 Å². The molecule has 0 aromatic heterocycles. The second kappa shape index (κ2) is 8.02. The van der Waals surface area contributed by atoms with Crippen LogP contribution in [0, 0.1) is 11.6 Å². The molecule has 0 radical (unpaired) electrons. The molecule has 3 aromatic carbocycles. The van der Waals surface area contributed by atoms with E-state index in [-0.39, 0.29) is 11.1 Å². The minimum atomic E-state index is -0.768. The fourth-order valence-corrected chi connectivity index (χ4v) is 2.21. The maximum atomic E-state index is 13.5. The first-order chi connectivity index (χ1) is 12.6. The molecule has 0 aliphatic rings. The van der Waals surface area contributed by atoms with Crippen LogP contribution in [0.4, 0.5) is 8.78 Å². The van der Waals surface area contributed by atoms with Gasteiger partial charge >= 0.3 is 0 Å². The Morgan fingerprint density at radius 3 is 2.27 bits per heavy atom. The van der Waals surface area contributed by atoms with E-state index < -0.39 is 17.5 Å². The number of halogens is 2. The zero-order valence-corrected chi connectivity index (χ0v) is 13.5. The van der Waals surface area contributed by atoms with E-state index >= 15 is 0 Å². The second-order valence-electron chi connectivity index (χ2n) is 5.25. The SMILES string of the molecule is O=C(NN=Cc1c(F)cccc1F)c1ccccc1Oc1ccccc1. The van der Waals surface area contributed by atoms with Crippen LogP contribution < -0.4 is 10.2 Å². The van der Waals surface area contributed by atoms with E-state index in [0.717, 1.165) is 18.3 Å². The minimum Gasteiger partial charge on any atom is -0.457 e. The standard InChI is InChI=1S/C20H14F2N2O2/c21-17-10-6-11-18(22)16(17)13-23-24-20(25)15-9-4-5-12-19(15)26-14-7-2-1-3-8-14/h1-13H,(H,24,25). The first-order valence-electron chi connectivity index (χ1n) is 7.74. The maximum Gasteiger partial charge on any atom is 0.275 e. The monoisotopic (exact) mass is 352 g/mol. The number of carbonyl (C=O) groups is 1. The summed E-state index contributed by atoms with van der Waals surface area (Å²) < 4.78 is 32.8. The highest BCUT2D eigenvalue weighted by Gasteiger charge is 2.12. The highest BCUT2D eigenvalue weighted by atomic mass is 19.1. The molecule has 0 heterocycles. The van der Waals surface area contributed by atoms with Gasteiger partial charge in [0.15, 0.2) is 0 Å². The Morgan fingerprint density at radius 2 is 1.54 bits per heavy atom. The quantitative estimate of drug-likeness (QED) is 0.542. The average Bonchev–Trinajstić information content (AvgIpc) is 2.65. The van der Waals surface area contributed by atoms with E-state index in [4.69, 9.17) is 4.74 Å². The molecule has 0 atom stereocenters. The van der Waals surface area contributed by atoms with Gasteiger partial charge in [-0.15, -0.1) is 0 Å². The Labute approximate surface area is 148 Å². The summed E-state index contributed by atoms with van der Waals surface area (Å²) in [4.78, 5) is 12.3. The van der Waals surface area contributed by atoms with E-state index in [1.807, 2.05) is 18.2 Å². The van der Waals surface area contributed by atoms with Gasteiger partial charge in [0.1, 0.15) is 23.1 Å². The van der Waals surface area contributed by atoms with Gasteiger partial charge in [0.25, 0.3) is 5.91 Å². The zero-order chi connectivity index (χ0) is 18.4. The zero-order valence-electron chi connectivity index (χ0n) is 13.5. The van der Waals surface area contributed by atoms with Crippen LogP contribution in [-0.2, 0) is 0 Å². The minimum absolute atomic E-state index is 0.238. The Kier molecular flexibility index (Phi) is 5.34. The number of amides is 1. The number of rotatable bonds is 5. The third-order valence-electron chi connectivity index (χ3n) is 3.46. The molecule has 0 aliphatic carbocycles. The van der Waals surface area contributed by atoms with Crippen molar-refractivity contribution in [1.82, 2.24) is 5.43 Å². The summed E-state index contributed by atoms with van der Waals surface area (Å²) in [5.74, 6) is -1.19. The molecule has 0 bridgehead atoms. The summed E-state index contributed by atoms with van der Waals surface area (Å²) >= 11 is 0. The van der Waals surface area contributed by atoms with Gasteiger partial charge in [-0.2, -0.15) is 5.10 Å². The summed E-state index contributed by atoms with van der Waals surface area (Å²) in [6.07, 6.45) is 0.920. The van der Waals surface area contributed by atoms with E-state index in [9.17, 15) is 13.6 Å². The summed E-state index contributed by atoms with van der Waals surface area (Å²) in [5.41, 5.74) is 2.15. The molecule has 0 unspecified atom stereocenters. The summed E-state index contributed by atoms with van der Waals surface area (Å²) in [6.45, 7) is 0. The van der Waals surface area contributed by atoms with Crippen molar-refractivity contribution in [2.75, 3.05) is 0 Å². The van der Waals surface area contributed by atoms with Crippen molar-refractivity contribution < 1.29 is 18.3 Å². The first-order valence-corrected chi connectivity index (χ1v) is 7.74. The lowest BCUT2D eigenvalue weighted by Gasteiger charge is -2.09. The highest BCUT2D eigenvalue weighted by Crippen LogP contribution is 2.24. The van der Waals surface area contributed by atoms with Gasteiger partial charge in [0, 0.05) is 0 Å². The molecule has 4 nitrogen and oxygen atoms in total. The smallest absolute Gasteiger partial charge is 0.275 e. The van der Waals surface area contributed by atoms with Gasteiger partial charge in [-0.3, -0.25) is 4.79 Å². The molecular formula is C20H14F2N2O2. The third-order valence-corrected chi connectivity index (χ3v) is 3.46. The van der Waals surface area contributed by atoms with Crippen LogP contribution in [0.15, 0.2) is 77.9 Å². The van der Waals surface area contributed by atoms with Gasteiger partial charge in [0.05, 0.1) is 17.3 Å². The van der Waals surface area contributed by atoms with Crippen LogP contribution in [-0.4, -0.2) is 12.1 Å². The van der Waals surface area contributed by atoms with Crippen molar-refractivity contribution in [3.8, 4) is 11.5 Å². The van der Waals surface area contributed by atoms with E-state index in [1.54, 1.807) is 36.4 Å². The molecule has 0 spiro atoms. The molecule has 130 valence electrons. The Morgan fingerprint density at radius 1 is 0.885 bits per heavy atom. The van der Waals surface area contributed by atoms with Crippen molar-refractivity contribution in [2.24, 2.45) is 5.10 Å². The lowest BCUT2D eigenvalue weighted by molar-refractivity contribution is 0.0953. The molecule has 0 aliphatic heterocycles. The summed E-state index contributed by atoms with van der Waals surface area (Å²) in [5, 5.41) is 3.63. The summed E-state index contributed by atoms with van der Waals surface area (Å²) in [6, 6.07) is 19.1. The lowest BCUT2D eigenvalue weighted by atomic mass is 10.2. The molecule has 1 amide bonds. The van der Waals surface area contributed by atoms with Crippen molar-refractivity contribution in [3.63, 3.8) is 0 Å². The van der Waals surface area contributed by atoms with Crippen LogP contribution in [0.3, 0.4) is 0 Å². The van der Waals surface area contributed by atoms with Gasteiger partial charge in [-0.25, -0.2) is 14.2 Å². The van der Waals surface area contributed by atoms with Crippen LogP contribution >= 0.6 is 0 Å².